The molecule has 1 saturated heterocycles. The number of amides is 1. The molecule has 2 aromatic rings. The van der Waals surface area contributed by atoms with E-state index < -0.39 is 5.60 Å². The monoisotopic (exact) mass is 429 g/mol. The minimum atomic E-state index is -0.546. The van der Waals surface area contributed by atoms with Crippen LogP contribution < -0.4 is 4.74 Å². The molecule has 0 aliphatic carbocycles. The van der Waals surface area contributed by atoms with Crippen LogP contribution in [0.2, 0.25) is 10.0 Å². The molecule has 6 heteroatoms. The van der Waals surface area contributed by atoms with E-state index in [-0.39, 0.29) is 11.7 Å². The first-order valence-corrected chi connectivity index (χ1v) is 10.4. The highest BCUT2D eigenvalue weighted by Gasteiger charge is 2.44. The molecule has 29 heavy (non-hydrogen) atoms. The van der Waals surface area contributed by atoms with Crippen LogP contribution in [0.3, 0.4) is 0 Å². The van der Waals surface area contributed by atoms with E-state index in [2.05, 4.69) is 0 Å². The Morgan fingerprint density at radius 2 is 1.90 bits per heavy atom. The molecule has 4 nitrogen and oxygen atoms in total. The van der Waals surface area contributed by atoms with Gasteiger partial charge in [-0.25, -0.2) is 0 Å². The van der Waals surface area contributed by atoms with Crippen LogP contribution in [-0.4, -0.2) is 35.3 Å². The van der Waals surface area contributed by atoms with Crippen molar-refractivity contribution < 1.29 is 14.3 Å². The van der Waals surface area contributed by atoms with Crippen LogP contribution in [0.1, 0.15) is 40.7 Å². The van der Waals surface area contributed by atoms with E-state index in [1.54, 1.807) is 29.2 Å². The molecule has 0 radical (unpaired) electrons. The van der Waals surface area contributed by atoms with Crippen LogP contribution in [0, 0.1) is 6.92 Å². The molecular formula is C23H21Cl2NO3. The number of aryl methyl sites for hydroxylation is 1. The van der Waals surface area contributed by atoms with Crippen LogP contribution in [0.25, 0.3) is 6.08 Å². The summed E-state index contributed by atoms with van der Waals surface area (Å²) in [6.45, 7) is 3.00. The smallest absolute Gasteiger partial charge is 0.246 e. The summed E-state index contributed by atoms with van der Waals surface area (Å²) < 4.78 is 6.34. The number of fused-ring (bicyclic) bond motifs is 1. The molecule has 4 rings (SSSR count). The first-order chi connectivity index (χ1) is 13.8. The number of hydrogen-bond donors (Lipinski definition) is 0. The summed E-state index contributed by atoms with van der Waals surface area (Å²) in [7, 11) is 0. The van der Waals surface area contributed by atoms with E-state index in [9.17, 15) is 9.59 Å². The van der Waals surface area contributed by atoms with Crippen molar-refractivity contribution >= 4 is 41.0 Å². The van der Waals surface area contributed by atoms with Gasteiger partial charge in [-0.15, -0.1) is 0 Å². The maximum absolute atomic E-state index is 12.7. The van der Waals surface area contributed by atoms with Crippen molar-refractivity contribution in [2.24, 2.45) is 0 Å². The van der Waals surface area contributed by atoms with Crippen LogP contribution >= 0.6 is 23.2 Å². The van der Waals surface area contributed by atoms with Crippen molar-refractivity contribution in [2.45, 2.75) is 31.8 Å². The van der Waals surface area contributed by atoms with Crippen molar-refractivity contribution in [2.75, 3.05) is 13.1 Å². The molecule has 0 atom stereocenters. The standard InChI is InChI=1S/C23H21Cl2NO3/c1-15-11-18(25)13-19-20(27)14-23(29-22(15)19)7-9-26(10-8-23)21(28)6-5-16-3-2-4-17(24)12-16/h2-6,11-13H,7-10,14H2,1H3/b6-5+. The van der Waals surface area contributed by atoms with Gasteiger partial charge in [0.2, 0.25) is 5.91 Å². The first kappa shape index (κ1) is 20.0. The Kier molecular flexibility index (Phi) is 5.41. The molecule has 2 aromatic carbocycles. The summed E-state index contributed by atoms with van der Waals surface area (Å²) >= 11 is 12.1. The normalized spacial score (nSPS) is 18.0. The van der Waals surface area contributed by atoms with Gasteiger partial charge >= 0.3 is 0 Å². The topological polar surface area (TPSA) is 46.6 Å². The van der Waals surface area contributed by atoms with Crippen molar-refractivity contribution in [3.8, 4) is 5.75 Å². The summed E-state index contributed by atoms with van der Waals surface area (Å²) in [6, 6.07) is 10.8. The highest BCUT2D eigenvalue weighted by Crippen LogP contribution is 2.42. The minimum Gasteiger partial charge on any atom is -0.486 e. The molecule has 0 N–H and O–H groups in total. The molecule has 0 aromatic heterocycles. The number of likely N-dealkylation sites (tertiary alicyclic amines) is 1. The number of carbonyl (C=O) groups excluding carboxylic acids is 2. The highest BCUT2D eigenvalue weighted by molar-refractivity contribution is 6.31. The third-order valence-electron chi connectivity index (χ3n) is 5.59. The number of hydrogen-bond acceptors (Lipinski definition) is 3. The Balaban J connectivity index is 1.44. The Labute approximate surface area is 180 Å². The van der Waals surface area contributed by atoms with Gasteiger partial charge in [0.25, 0.3) is 0 Å². The average molecular weight is 430 g/mol. The van der Waals surface area contributed by atoms with Gasteiger partial charge in [0.15, 0.2) is 5.78 Å². The van der Waals surface area contributed by atoms with E-state index in [4.69, 9.17) is 27.9 Å². The van der Waals surface area contributed by atoms with E-state index in [1.165, 1.54) is 0 Å². The summed E-state index contributed by atoms with van der Waals surface area (Å²) in [6.07, 6.45) is 4.90. The maximum atomic E-state index is 12.7. The number of rotatable bonds is 2. The zero-order valence-corrected chi connectivity index (χ0v) is 17.6. The Bertz CT molecular complexity index is 1010. The molecule has 0 unspecified atom stereocenters. The second-order valence-electron chi connectivity index (χ2n) is 7.70. The van der Waals surface area contributed by atoms with Gasteiger partial charge in [0.05, 0.1) is 12.0 Å². The number of ether oxygens (including phenoxy) is 1. The second kappa shape index (κ2) is 7.85. The van der Waals surface area contributed by atoms with Crippen LogP contribution in [0.4, 0.5) is 0 Å². The lowest BCUT2D eigenvalue weighted by Gasteiger charge is -2.44. The Morgan fingerprint density at radius 3 is 2.62 bits per heavy atom. The Morgan fingerprint density at radius 1 is 1.14 bits per heavy atom. The van der Waals surface area contributed by atoms with Gasteiger partial charge in [-0.3, -0.25) is 9.59 Å². The lowest BCUT2D eigenvalue weighted by Crippen LogP contribution is -2.52. The largest absolute Gasteiger partial charge is 0.486 e. The average Bonchev–Trinajstić information content (AvgIpc) is 2.68. The van der Waals surface area contributed by atoms with E-state index in [0.717, 1.165) is 11.1 Å². The first-order valence-electron chi connectivity index (χ1n) is 9.60. The number of benzene rings is 2. The van der Waals surface area contributed by atoms with Gasteiger partial charge in [0, 0.05) is 42.1 Å². The molecule has 1 amide bonds. The van der Waals surface area contributed by atoms with Gasteiger partial charge in [-0.05, 0) is 48.4 Å². The summed E-state index contributed by atoms with van der Waals surface area (Å²) in [4.78, 5) is 27.1. The fraction of sp³-hybridized carbons (Fsp3) is 0.304. The molecule has 1 spiro atoms. The molecule has 2 heterocycles. The third kappa shape index (κ3) is 4.19. The number of ketones is 1. The van der Waals surface area contributed by atoms with Gasteiger partial charge < -0.3 is 9.64 Å². The highest BCUT2D eigenvalue weighted by atomic mass is 35.5. The van der Waals surface area contributed by atoms with E-state index in [0.29, 0.717) is 53.7 Å². The molecule has 2 aliphatic heterocycles. The summed E-state index contributed by atoms with van der Waals surface area (Å²) in [5.74, 6) is 0.633. The quantitative estimate of drug-likeness (QED) is 0.605. The molecule has 2 aliphatic rings. The van der Waals surface area contributed by atoms with Gasteiger partial charge in [0.1, 0.15) is 11.4 Å². The molecule has 0 saturated carbocycles. The summed E-state index contributed by atoms with van der Waals surface area (Å²) in [5, 5.41) is 1.18. The predicted molar refractivity (Wildman–Crippen MR) is 115 cm³/mol. The minimum absolute atomic E-state index is 0.0506. The summed E-state index contributed by atoms with van der Waals surface area (Å²) in [5.41, 5.74) is 1.76. The van der Waals surface area contributed by atoms with Crippen molar-refractivity contribution in [1.82, 2.24) is 4.90 Å². The SMILES string of the molecule is Cc1cc(Cl)cc2c1OC1(CCN(C(=O)/C=C/c3cccc(Cl)c3)CC1)CC2=O. The molecule has 0 bridgehead atoms. The maximum Gasteiger partial charge on any atom is 0.246 e. The number of carbonyl (C=O) groups is 2. The lowest BCUT2D eigenvalue weighted by molar-refractivity contribution is -0.129. The molecule has 1 fully saturated rings. The fourth-order valence-corrected chi connectivity index (χ4v) is 4.48. The van der Waals surface area contributed by atoms with Crippen LogP contribution in [0.15, 0.2) is 42.5 Å². The zero-order valence-electron chi connectivity index (χ0n) is 16.1. The van der Waals surface area contributed by atoms with E-state index >= 15 is 0 Å². The van der Waals surface area contributed by atoms with E-state index in [1.807, 2.05) is 31.2 Å². The molecule has 150 valence electrons. The number of Topliss-reactive ketones (excluding diaryl/α,β-unsaturated/α-hetero) is 1. The van der Waals surface area contributed by atoms with Gasteiger partial charge in [-0.1, -0.05) is 35.3 Å². The third-order valence-corrected chi connectivity index (χ3v) is 6.05. The lowest BCUT2D eigenvalue weighted by atomic mass is 9.82. The zero-order chi connectivity index (χ0) is 20.6. The molecular weight excluding hydrogens is 409 g/mol. The number of halogens is 2. The second-order valence-corrected chi connectivity index (χ2v) is 8.57. The van der Waals surface area contributed by atoms with Gasteiger partial charge in [-0.2, -0.15) is 0 Å². The van der Waals surface area contributed by atoms with Crippen molar-refractivity contribution in [1.29, 1.82) is 0 Å². The predicted octanol–water partition coefficient (Wildman–Crippen LogP) is 5.34. The van der Waals surface area contributed by atoms with Crippen LogP contribution in [0.5, 0.6) is 5.75 Å². The van der Waals surface area contributed by atoms with Crippen molar-refractivity contribution in [3.63, 3.8) is 0 Å². The van der Waals surface area contributed by atoms with Crippen LogP contribution in [-0.2, 0) is 4.79 Å². The fourth-order valence-electron chi connectivity index (χ4n) is 4.01. The Hall–Kier alpha value is -2.30. The number of nitrogens with zero attached hydrogens (tertiary/aromatic N) is 1. The van der Waals surface area contributed by atoms with Crippen molar-refractivity contribution in [3.05, 3.63) is 69.2 Å². The number of piperidine rings is 1.